The zero-order valence-electron chi connectivity index (χ0n) is 20.8. The van der Waals surface area contributed by atoms with Gasteiger partial charge in [-0.1, -0.05) is 48.6 Å². The van der Waals surface area contributed by atoms with E-state index in [1.165, 1.54) is 23.5 Å². The summed E-state index contributed by atoms with van der Waals surface area (Å²) >= 11 is 1.41. The van der Waals surface area contributed by atoms with Gasteiger partial charge in [0, 0.05) is 18.7 Å². The van der Waals surface area contributed by atoms with Gasteiger partial charge in [-0.15, -0.1) is 0 Å². The van der Waals surface area contributed by atoms with Gasteiger partial charge in [-0.2, -0.15) is 4.31 Å². The standard InChI is InChI=1S/C28H29N3O4S2/c1-20-14-16-30(17-15-20)37(33,34)24-11-8-22(9-12-24)27(32)31(19-21-6-4-3-5-7-21)28-29-25-13-10-23(35-2)18-26(25)36-28/h3-13,18,20H,14-17,19H2,1-2H3. The molecular weight excluding hydrogens is 506 g/mol. The average molecular weight is 536 g/mol. The molecular formula is C28H29N3O4S2. The maximum atomic E-state index is 13.8. The highest BCUT2D eigenvalue weighted by Gasteiger charge is 2.29. The van der Waals surface area contributed by atoms with Gasteiger partial charge < -0.3 is 4.74 Å². The first kappa shape index (κ1) is 25.4. The number of methoxy groups -OCH3 is 1. The lowest BCUT2D eigenvalue weighted by Crippen LogP contribution is -2.37. The van der Waals surface area contributed by atoms with Crippen molar-refractivity contribution in [2.75, 3.05) is 25.1 Å². The van der Waals surface area contributed by atoms with E-state index < -0.39 is 10.0 Å². The molecule has 9 heteroatoms. The van der Waals surface area contributed by atoms with Gasteiger partial charge in [-0.3, -0.25) is 9.69 Å². The van der Waals surface area contributed by atoms with Crippen LogP contribution in [-0.2, 0) is 16.6 Å². The van der Waals surface area contributed by atoms with E-state index in [2.05, 4.69) is 6.92 Å². The second-order valence-corrected chi connectivity index (χ2v) is 12.3. The van der Waals surface area contributed by atoms with E-state index in [4.69, 9.17) is 9.72 Å². The Morgan fingerprint density at radius 1 is 1.05 bits per heavy atom. The molecule has 5 rings (SSSR count). The van der Waals surface area contributed by atoms with Gasteiger partial charge in [-0.25, -0.2) is 13.4 Å². The van der Waals surface area contributed by atoms with Gasteiger partial charge in [0.1, 0.15) is 5.75 Å². The predicted octanol–water partition coefficient (Wildman–Crippen LogP) is 5.57. The molecule has 1 aromatic heterocycles. The average Bonchev–Trinajstić information content (AvgIpc) is 3.35. The first-order valence-corrected chi connectivity index (χ1v) is 14.5. The van der Waals surface area contributed by atoms with Crippen LogP contribution in [0.3, 0.4) is 0 Å². The maximum absolute atomic E-state index is 13.8. The summed E-state index contributed by atoms with van der Waals surface area (Å²) in [4.78, 5) is 20.3. The lowest BCUT2D eigenvalue weighted by Gasteiger charge is -2.29. The van der Waals surface area contributed by atoms with Gasteiger partial charge >= 0.3 is 0 Å². The molecule has 3 aromatic carbocycles. The number of amides is 1. The van der Waals surface area contributed by atoms with Gasteiger partial charge in [0.15, 0.2) is 5.13 Å². The Morgan fingerprint density at radius 3 is 2.43 bits per heavy atom. The number of aromatic nitrogens is 1. The molecule has 192 valence electrons. The normalized spacial score (nSPS) is 15.1. The Morgan fingerprint density at radius 2 is 1.76 bits per heavy atom. The van der Waals surface area contributed by atoms with E-state index >= 15 is 0 Å². The number of sulfonamides is 1. The van der Waals surface area contributed by atoms with E-state index in [1.54, 1.807) is 28.4 Å². The summed E-state index contributed by atoms with van der Waals surface area (Å²) in [5.74, 6) is 1.01. The summed E-state index contributed by atoms with van der Waals surface area (Å²) in [5.41, 5.74) is 2.15. The van der Waals surface area contributed by atoms with E-state index in [-0.39, 0.29) is 10.8 Å². The van der Waals surface area contributed by atoms with Gasteiger partial charge in [0.25, 0.3) is 5.91 Å². The van der Waals surface area contributed by atoms with Crippen LogP contribution in [0.15, 0.2) is 77.7 Å². The van der Waals surface area contributed by atoms with E-state index in [9.17, 15) is 13.2 Å². The summed E-state index contributed by atoms with van der Waals surface area (Å²) in [6.45, 7) is 3.53. The summed E-state index contributed by atoms with van der Waals surface area (Å²) in [6, 6.07) is 21.6. The highest BCUT2D eigenvalue weighted by molar-refractivity contribution is 7.89. The molecule has 0 bridgehead atoms. The molecule has 1 aliphatic heterocycles. The second-order valence-electron chi connectivity index (χ2n) is 9.32. The molecule has 0 unspecified atom stereocenters. The Labute approximate surface area is 221 Å². The van der Waals surface area contributed by atoms with Crippen LogP contribution in [0.4, 0.5) is 5.13 Å². The SMILES string of the molecule is COc1ccc2nc(N(Cc3ccccc3)C(=O)c3ccc(S(=O)(=O)N4CCC(C)CC4)cc3)sc2c1. The van der Waals surface area contributed by atoms with Crippen LogP contribution >= 0.6 is 11.3 Å². The molecule has 1 saturated heterocycles. The number of fused-ring (bicyclic) bond motifs is 1. The highest BCUT2D eigenvalue weighted by atomic mass is 32.2. The lowest BCUT2D eigenvalue weighted by molar-refractivity contribution is 0.0985. The number of hydrogen-bond donors (Lipinski definition) is 0. The largest absolute Gasteiger partial charge is 0.497 e. The fraction of sp³-hybridized carbons (Fsp3) is 0.286. The van der Waals surface area contributed by atoms with Crippen LogP contribution in [0.5, 0.6) is 5.75 Å². The molecule has 1 aliphatic rings. The maximum Gasteiger partial charge on any atom is 0.260 e. The minimum absolute atomic E-state index is 0.209. The van der Waals surface area contributed by atoms with Gasteiger partial charge in [0.2, 0.25) is 10.0 Å². The molecule has 1 fully saturated rings. The van der Waals surface area contributed by atoms with Crippen LogP contribution < -0.4 is 9.64 Å². The molecule has 0 spiro atoms. The molecule has 0 saturated carbocycles. The van der Waals surface area contributed by atoms with Crippen molar-refractivity contribution in [2.24, 2.45) is 5.92 Å². The minimum Gasteiger partial charge on any atom is -0.497 e. The number of anilines is 1. The van der Waals surface area contributed by atoms with Crippen LogP contribution in [-0.4, -0.2) is 43.8 Å². The number of carbonyl (C=O) groups excluding carboxylic acids is 1. The third-order valence-corrected chi connectivity index (χ3v) is 9.68. The third kappa shape index (κ3) is 5.39. The van der Waals surface area contributed by atoms with E-state index in [1.807, 2.05) is 48.5 Å². The number of benzene rings is 3. The zero-order valence-corrected chi connectivity index (χ0v) is 22.5. The van der Waals surface area contributed by atoms with Gasteiger partial charge in [0.05, 0.1) is 28.8 Å². The Hall–Kier alpha value is -3.27. The predicted molar refractivity (Wildman–Crippen MR) is 147 cm³/mol. The van der Waals surface area contributed by atoms with Crippen LogP contribution in [0.1, 0.15) is 35.7 Å². The number of piperidine rings is 1. The van der Waals surface area contributed by atoms with E-state index in [0.29, 0.717) is 36.2 Å². The number of thiazole rings is 1. The minimum atomic E-state index is -3.59. The van der Waals surface area contributed by atoms with E-state index in [0.717, 1.165) is 34.4 Å². The molecule has 2 heterocycles. The Bertz CT molecular complexity index is 1490. The van der Waals surface area contributed by atoms with Crippen molar-refractivity contribution >= 4 is 42.6 Å². The number of carbonyl (C=O) groups is 1. The van der Waals surface area contributed by atoms with Crippen molar-refractivity contribution in [1.29, 1.82) is 0 Å². The molecule has 0 N–H and O–H groups in total. The third-order valence-electron chi connectivity index (χ3n) is 6.73. The first-order chi connectivity index (χ1) is 17.8. The number of hydrogen-bond acceptors (Lipinski definition) is 6. The molecule has 37 heavy (non-hydrogen) atoms. The number of rotatable bonds is 7. The summed E-state index contributed by atoms with van der Waals surface area (Å²) in [6.07, 6.45) is 1.72. The first-order valence-electron chi connectivity index (χ1n) is 12.3. The molecule has 4 aromatic rings. The monoisotopic (exact) mass is 535 g/mol. The van der Waals surface area contributed by atoms with Crippen molar-refractivity contribution in [3.63, 3.8) is 0 Å². The molecule has 0 aliphatic carbocycles. The highest BCUT2D eigenvalue weighted by Crippen LogP contribution is 2.33. The molecule has 0 radical (unpaired) electrons. The fourth-order valence-electron chi connectivity index (χ4n) is 4.43. The lowest BCUT2D eigenvalue weighted by atomic mass is 10.0. The second kappa shape index (κ2) is 10.6. The summed E-state index contributed by atoms with van der Waals surface area (Å²) in [7, 11) is -1.97. The Balaban J connectivity index is 1.45. The molecule has 1 amide bonds. The smallest absolute Gasteiger partial charge is 0.260 e. The Kier molecular flexibility index (Phi) is 7.28. The van der Waals surface area contributed by atoms with Crippen molar-refractivity contribution in [2.45, 2.75) is 31.2 Å². The fourth-order valence-corrected chi connectivity index (χ4v) is 6.89. The quantitative estimate of drug-likeness (QED) is 0.309. The van der Waals surface area contributed by atoms with Crippen LogP contribution in [0.25, 0.3) is 10.2 Å². The van der Waals surface area contributed by atoms with Crippen molar-refractivity contribution in [1.82, 2.24) is 9.29 Å². The topological polar surface area (TPSA) is 79.8 Å². The molecule has 7 nitrogen and oxygen atoms in total. The molecule has 0 atom stereocenters. The number of ether oxygens (including phenoxy) is 1. The van der Waals surface area contributed by atoms with Crippen molar-refractivity contribution in [3.05, 3.63) is 83.9 Å². The number of nitrogens with zero attached hydrogens (tertiary/aromatic N) is 3. The summed E-state index contributed by atoms with van der Waals surface area (Å²) in [5, 5.41) is 0.566. The van der Waals surface area contributed by atoms with Crippen LogP contribution in [0, 0.1) is 5.92 Å². The van der Waals surface area contributed by atoms with Crippen LogP contribution in [0.2, 0.25) is 0 Å². The zero-order chi connectivity index (χ0) is 26.0. The summed E-state index contributed by atoms with van der Waals surface area (Å²) < 4.78 is 34.1. The van der Waals surface area contributed by atoms with Crippen molar-refractivity contribution < 1.29 is 17.9 Å². The van der Waals surface area contributed by atoms with Crippen molar-refractivity contribution in [3.8, 4) is 5.75 Å². The van der Waals surface area contributed by atoms with Gasteiger partial charge in [-0.05, 0) is 66.8 Å².